The number of carbonyl (C=O) groups excluding carboxylic acids is 1. The van der Waals surface area contributed by atoms with Gasteiger partial charge in [-0.1, -0.05) is 0 Å². The average Bonchev–Trinajstić information content (AvgIpc) is 2.90. The van der Waals surface area contributed by atoms with Crippen LogP contribution in [-0.2, 0) is 4.74 Å². The number of pyridine rings is 1. The Bertz CT molecular complexity index is 430. The van der Waals surface area contributed by atoms with Crippen LogP contribution in [0.5, 0.6) is 0 Å². The van der Waals surface area contributed by atoms with E-state index in [0.29, 0.717) is 11.7 Å². The normalized spacial score (nSPS) is 17.2. The maximum atomic E-state index is 11.4. The summed E-state index contributed by atoms with van der Waals surface area (Å²) in [5, 5.41) is 3.40. The minimum Gasteiger partial charge on any atom is -0.464 e. The van der Waals surface area contributed by atoms with E-state index in [0.717, 1.165) is 12.2 Å². The van der Waals surface area contributed by atoms with E-state index in [2.05, 4.69) is 26.9 Å². The van der Waals surface area contributed by atoms with Gasteiger partial charge >= 0.3 is 5.97 Å². The predicted octanol–water partition coefficient (Wildman–Crippen LogP) is 1.76. The standard InChI is InChI=1S/C14H21N3O2/c1-11(10-17-7-3-4-8-17)16-12-5-6-15-13(9-12)14(18)19-2/h5-6,9,11H,3-4,7-8,10H2,1-2H3,(H,15,16). The number of rotatable bonds is 5. The van der Waals surface area contributed by atoms with Crippen molar-refractivity contribution in [3.8, 4) is 0 Å². The van der Waals surface area contributed by atoms with Gasteiger partial charge in [-0.15, -0.1) is 0 Å². The van der Waals surface area contributed by atoms with Crippen LogP contribution < -0.4 is 5.32 Å². The van der Waals surface area contributed by atoms with Crippen molar-refractivity contribution in [2.75, 3.05) is 32.1 Å². The number of methoxy groups -OCH3 is 1. The average molecular weight is 263 g/mol. The summed E-state index contributed by atoms with van der Waals surface area (Å²) in [6.07, 6.45) is 4.22. The van der Waals surface area contributed by atoms with Gasteiger partial charge in [0.25, 0.3) is 0 Å². The molecule has 1 unspecified atom stereocenters. The maximum absolute atomic E-state index is 11.4. The summed E-state index contributed by atoms with van der Waals surface area (Å²) >= 11 is 0. The number of nitrogens with zero attached hydrogens (tertiary/aromatic N) is 2. The van der Waals surface area contributed by atoms with E-state index >= 15 is 0 Å². The summed E-state index contributed by atoms with van der Waals surface area (Å²) < 4.78 is 4.67. The Morgan fingerprint density at radius 3 is 2.95 bits per heavy atom. The van der Waals surface area contributed by atoms with E-state index in [1.807, 2.05) is 6.07 Å². The monoisotopic (exact) mass is 263 g/mol. The van der Waals surface area contributed by atoms with E-state index in [9.17, 15) is 4.79 Å². The topological polar surface area (TPSA) is 54.5 Å². The van der Waals surface area contributed by atoms with Crippen molar-refractivity contribution in [3.63, 3.8) is 0 Å². The Labute approximate surface area is 114 Å². The second-order valence-corrected chi connectivity index (χ2v) is 4.97. The summed E-state index contributed by atoms with van der Waals surface area (Å²) in [5.74, 6) is -0.407. The molecule has 0 aliphatic carbocycles. The third-order valence-corrected chi connectivity index (χ3v) is 3.30. The smallest absolute Gasteiger partial charge is 0.356 e. The van der Waals surface area contributed by atoms with Crippen LogP contribution >= 0.6 is 0 Å². The second-order valence-electron chi connectivity index (χ2n) is 4.97. The summed E-state index contributed by atoms with van der Waals surface area (Å²) in [7, 11) is 1.36. The molecule has 1 aromatic rings. The molecule has 1 N–H and O–H groups in total. The zero-order valence-corrected chi connectivity index (χ0v) is 11.6. The van der Waals surface area contributed by atoms with Gasteiger partial charge in [-0.3, -0.25) is 0 Å². The number of likely N-dealkylation sites (tertiary alicyclic amines) is 1. The van der Waals surface area contributed by atoms with E-state index in [1.165, 1.54) is 33.0 Å². The van der Waals surface area contributed by atoms with Gasteiger partial charge in [0.2, 0.25) is 0 Å². The molecule has 0 amide bonds. The minimum atomic E-state index is -0.407. The molecule has 2 heterocycles. The lowest BCUT2D eigenvalue weighted by molar-refractivity contribution is 0.0594. The van der Waals surface area contributed by atoms with Crippen LogP contribution in [0.3, 0.4) is 0 Å². The van der Waals surface area contributed by atoms with Gasteiger partial charge in [-0.2, -0.15) is 0 Å². The van der Waals surface area contributed by atoms with Crippen molar-refractivity contribution in [1.29, 1.82) is 0 Å². The fraction of sp³-hybridized carbons (Fsp3) is 0.571. The minimum absolute atomic E-state index is 0.334. The molecule has 5 heteroatoms. The van der Waals surface area contributed by atoms with Crippen molar-refractivity contribution in [1.82, 2.24) is 9.88 Å². The molecule has 104 valence electrons. The van der Waals surface area contributed by atoms with Crippen LogP contribution in [0.4, 0.5) is 5.69 Å². The lowest BCUT2D eigenvalue weighted by atomic mass is 10.2. The summed E-state index contributed by atoms with van der Waals surface area (Å²) in [6, 6.07) is 3.94. The van der Waals surface area contributed by atoms with Gasteiger partial charge in [-0.05, 0) is 45.0 Å². The molecule has 1 atom stereocenters. The molecule has 0 saturated carbocycles. The summed E-state index contributed by atoms with van der Waals surface area (Å²) in [4.78, 5) is 17.9. The molecule has 0 aromatic carbocycles. The molecule has 0 bridgehead atoms. The SMILES string of the molecule is COC(=O)c1cc(NC(C)CN2CCCC2)ccn1. The molecule has 1 aliphatic heterocycles. The van der Waals surface area contributed by atoms with Crippen molar-refractivity contribution in [3.05, 3.63) is 24.0 Å². The lowest BCUT2D eigenvalue weighted by Gasteiger charge is -2.22. The van der Waals surface area contributed by atoms with Gasteiger partial charge in [0.15, 0.2) is 0 Å². The fourth-order valence-electron chi connectivity index (χ4n) is 2.42. The number of hydrogen-bond acceptors (Lipinski definition) is 5. The van der Waals surface area contributed by atoms with E-state index in [4.69, 9.17) is 0 Å². The molecule has 19 heavy (non-hydrogen) atoms. The molecule has 1 fully saturated rings. The summed E-state index contributed by atoms with van der Waals surface area (Å²) in [5.41, 5.74) is 1.24. The zero-order chi connectivity index (χ0) is 13.7. The lowest BCUT2D eigenvalue weighted by Crippen LogP contribution is -2.33. The van der Waals surface area contributed by atoms with Crippen LogP contribution in [0.1, 0.15) is 30.3 Å². The maximum Gasteiger partial charge on any atom is 0.356 e. The van der Waals surface area contributed by atoms with Crippen molar-refractivity contribution >= 4 is 11.7 Å². The highest BCUT2D eigenvalue weighted by atomic mass is 16.5. The first kappa shape index (κ1) is 13.8. The van der Waals surface area contributed by atoms with E-state index < -0.39 is 5.97 Å². The van der Waals surface area contributed by atoms with Crippen LogP contribution in [-0.4, -0.2) is 48.6 Å². The second kappa shape index (κ2) is 6.52. The number of aromatic nitrogens is 1. The van der Waals surface area contributed by atoms with Gasteiger partial charge in [0.1, 0.15) is 5.69 Å². The number of esters is 1. The molecular formula is C14H21N3O2. The van der Waals surface area contributed by atoms with E-state index in [1.54, 1.807) is 12.3 Å². The summed E-state index contributed by atoms with van der Waals surface area (Å²) in [6.45, 7) is 5.55. The molecule has 1 aliphatic rings. The zero-order valence-electron chi connectivity index (χ0n) is 11.6. The van der Waals surface area contributed by atoms with Crippen LogP contribution in [0, 0.1) is 0 Å². The highest BCUT2D eigenvalue weighted by molar-refractivity contribution is 5.88. The van der Waals surface area contributed by atoms with Gasteiger partial charge in [0, 0.05) is 24.5 Å². The highest BCUT2D eigenvalue weighted by Gasteiger charge is 2.15. The predicted molar refractivity (Wildman–Crippen MR) is 74.3 cm³/mol. The molecule has 0 spiro atoms. The first-order valence-corrected chi connectivity index (χ1v) is 6.72. The highest BCUT2D eigenvalue weighted by Crippen LogP contribution is 2.13. The van der Waals surface area contributed by atoms with Crippen molar-refractivity contribution in [2.24, 2.45) is 0 Å². The van der Waals surface area contributed by atoms with Crippen molar-refractivity contribution in [2.45, 2.75) is 25.8 Å². The third kappa shape index (κ3) is 3.92. The largest absolute Gasteiger partial charge is 0.464 e. The number of hydrogen-bond donors (Lipinski definition) is 1. The number of carbonyl (C=O) groups is 1. The quantitative estimate of drug-likeness (QED) is 0.820. The van der Waals surface area contributed by atoms with Gasteiger partial charge in [0.05, 0.1) is 7.11 Å². The molecule has 2 rings (SSSR count). The van der Waals surface area contributed by atoms with E-state index in [-0.39, 0.29) is 0 Å². The van der Waals surface area contributed by atoms with Crippen LogP contribution in [0.25, 0.3) is 0 Å². The molecule has 0 radical (unpaired) electrons. The number of nitrogens with one attached hydrogen (secondary N) is 1. The Morgan fingerprint density at radius 2 is 2.26 bits per heavy atom. The number of anilines is 1. The Hall–Kier alpha value is -1.62. The first-order chi connectivity index (χ1) is 9.19. The Balaban J connectivity index is 1.92. The Morgan fingerprint density at radius 1 is 1.53 bits per heavy atom. The number of ether oxygens (including phenoxy) is 1. The first-order valence-electron chi connectivity index (χ1n) is 6.72. The van der Waals surface area contributed by atoms with Crippen LogP contribution in [0.15, 0.2) is 18.3 Å². The Kier molecular flexibility index (Phi) is 4.74. The third-order valence-electron chi connectivity index (χ3n) is 3.30. The van der Waals surface area contributed by atoms with Gasteiger partial charge in [-0.25, -0.2) is 9.78 Å². The molecule has 5 nitrogen and oxygen atoms in total. The molecule has 1 saturated heterocycles. The molecular weight excluding hydrogens is 242 g/mol. The van der Waals surface area contributed by atoms with Gasteiger partial charge < -0.3 is 15.0 Å². The molecule has 1 aromatic heterocycles. The van der Waals surface area contributed by atoms with Crippen LogP contribution in [0.2, 0.25) is 0 Å². The fourth-order valence-corrected chi connectivity index (χ4v) is 2.42. The van der Waals surface area contributed by atoms with Crippen molar-refractivity contribution < 1.29 is 9.53 Å².